The number of nitrogens with zero attached hydrogens (tertiary/aromatic N) is 3. The normalized spacial score (nSPS) is 12.8. The lowest BCUT2D eigenvalue weighted by molar-refractivity contribution is 0.660. The molecule has 5 aromatic carbocycles. The smallest absolute Gasteiger partial charge is 0.187 e. The van der Waals surface area contributed by atoms with Crippen LogP contribution < -0.4 is 0 Å². The molecule has 0 aliphatic heterocycles. The van der Waals surface area contributed by atoms with E-state index in [-0.39, 0.29) is 5.41 Å². The molecule has 1 aliphatic rings. The van der Waals surface area contributed by atoms with Gasteiger partial charge in [0.1, 0.15) is 0 Å². The predicted octanol–water partition coefficient (Wildman–Crippen LogP) is 10.0. The van der Waals surface area contributed by atoms with Crippen LogP contribution in [0.2, 0.25) is 0 Å². The van der Waals surface area contributed by atoms with Crippen molar-refractivity contribution < 1.29 is 0 Å². The molecule has 0 saturated heterocycles. The van der Waals surface area contributed by atoms with E-state index in [4.69, 9.17) is 16.5 Å². The summed E-state index contributed by atoms with van der Waals surface area (Å²) in [6.45, 7) is 12.1. The maximum Gasteiger partial charge on any atom is 0.187 e. The van der Waals surface area contributed by atoms with Gasteiger partial charge < -0.3 is 0 Å². The maximum absolute atomic E-state index is 7.60. The highest BCUT2D eigenvalue weighted by Crippen LogP contribution is 2.53. The minimum atomic E-state index is -0.138. The van der Waals surface area contributed by atoms with Crippen molar-refractivity contribution in [2.45, 2.75) is 19.3 Å². The fourth-order valence-corrected chi connectivity index (χ4v) is 6.02. The highest BCUT2D eigenvalue weighted by atomic mass is 14.9. The molecule has 0 atom stereocenters. The Balaban J connectivity index is 1.40. The largest absolute Gasteiger partial charge is 0.238 e. The Morgan fingerprint density at radius 2 is 1.17 bits per heavy atom. The van der Waals surface area contributed by atoms with Crippen LogP contribution >= 0.6 is 0 Å². The summed E-state index contributed by atoms with van der Waals surface area (Å²) in [4.78, 5) is 13.7. The van der Waals surface area contributed by atoms with Gasteiger partial charge in [0, 0.05) is 22.1 Å². The molecule has 3 heteroatoms. The molecule has 1 aromatic heterocycles. The van der Waals surface area contributed by atoms with Crippen LogP contribution in [0.5, 0.6) is 0 Å². The van der Waals surface area contributed by atoms with E-state index in [0.717, 1.165) is 39.2 Å². The number of rotatable bonds is 4. The molecule has 0 amide bonds. The molecule has 1 aliphatic carbocycles. The molecule has 0 radical (unpaired) electrons. The first kappa shape index (κ1) is 24.7. The third-order valence-electron chi connectivity index (χ3n) is 8.11. The van der Waals surface area contributed by atoms with Gasteiger partial charge in [0.2, 0.25) is 0 Å². The highest BCUT2D eigenvalue weighted by molar-refractivity contribution is 5.94. The third-order valence-corrected chi connectivity index (χ3v) is 8.11. The van der Waals surface area contributed by atoms with Crippen LogP contribution in [0.15, 0.2) is 127 Å². The Bertz CT molecular complexity index is 1910. The lowest BCUT2D eigenvalue weighted by atomic mass is 9.82. The van der Waals surface area contributed by atoms with Crippen LogP contribution in [0.1, 0.15) is 25.0 Å². The fraction of sp³-hybridized carbons (Fsp3) is 0.0789. The predicted molar refractivity (Wildman–Crippen MR) is 168 cm³/mol. The van der Waals surface area contributed by atoms with Crippen LogP contribution in [-0.2, 0) is 5.41 Å². The van der Waals surface area contributed by atoms with Gasteiger partial charge in [0.05, 0.1) is 18.0 Å². The molecule has 0 unspecified atom stereocenters. The summed E-state index contributed by atoms with van der Waals surface area (Å²) < 4.78 is 0. The quantitative estimate of drug-likeness (QED) is 0.214. The number of hydrogen-bond acceptors (Lipinski definition) is 2. The zero-order valence-electron chi connectivity index (χ0n) is 23.0. The van der Waals surface area contributed by atoms with Crippen LogP contribution in [0.25, 0.3) is 61.0 Å². The average molecular weight is 526 g/mol. The van der Waals surface area contributed by atoms with Crippen molar-refractivity contribution in [3.05, 3.63) is 150 Å². The summed E-state index contributed by atoms with van der Waals surface area (Å²) in [6, 6.07) is 43.8. The number of hydrogen-bond donors (Lipinski definition) is 0. The van der Waals surface area contributed by atoms with E-state index < -0.39 is 0 Å². The van der Waals surface area contributed by atoms with E-state index in [2.05, 4.69) is 85.4 Å². The van der Waals surface area contributed by atoms with Gasteiger partial charge in [-0.2, -0.15) is 0 Å². The first-order chi connectivity index (χ1) is 20.0. The van der Waals surface area contributed by atoms with Crippen LogP contribution in [-0.4, -0.2) is 9.97 Å². The molecule has 0 spiro atoms. The Morgan fingerprint density at radius 3 is 1.90 bits per heavy atom. The van der Waals surface area contributed by atoms with E-state index in [9.17, 15) is 0 Å². The number of benzene rings is 5. The van der Waals surface area contributed by atoms with Crippen molar-refractivity contribution in [2.75, 3.05) is 0 Å². The van der Waals surface area contributed by atoms with Crippen molar-refractivity contribution in [1.82, 2.24) is 9.97 Å². The average Bonchev–Trinajstić information content (AvgIpc) is 3.27. The highest BCUT2D eigenvalue weighted by Gasteiger charge is 2.36. The first-order valence-electron chi connectivity index (χ1n) is 13.8. The zero-order valence-corrected chi connectivity index (χ0v) is 23.0. The van der Waals surface area contributed by atoms with E-state index in [1.807, 2.05) is 60.7 Å². The third kappa shape index (κ3) is 4.22. The van der Waals surface area contributed by atoms with Crippen LogP contribution in [0.4, 0.5) is 5.69 Å². The monoisotopic (exact) mass is 525 g/mol. The molecule has 6 aromatic rings. The molecule has 0 saturated carbocycles. The van der Waals surface area contributed by atoms with Gasteiger partial charge in [-0.1, -0.05) is 123 Å². The minimum Gasteiger partial charge on any atom is -0.238 e. The van der Waals surface area contributed by atoms with Crippen molar-refractivity contribution >= 4 is 5.69 Å². The van der Waals surface area contributed by atoms with Gasteiger partial charge in [0.25, 0.3) is 0 Å². The number of aromatic nitrogens is 2. The van der Waals surface area contributed by atoms with Gasteiger partial charge in [-0.15, -0.1) is 0 Å². The van der Waals surface area contributed by atoms with Crippen LogP contribution in [0.3, 0.4) is 0 Å². The van der Waals surface area contributed by atoms with E-state index in [1.54, 1.807) is 0 Å². The lowest BCUT2D eigenvalue weighted by Crippen LogP contribution is -2.14. The minimum absolute atomic E-state index is 0.138. The zero-order chi connectivity index (χ0) is 28.0. The van der Waals surface area contributed by atoms with E-state index in [0.29, 0.717) is 11.5 Å². The molecule has 41 heavy (non-hydrogen) atoms. The van der Waals surface area contributed by atoms with Crippen molar-refractivity contribution in [3.8, 4) is 56.2 Å². The van der Waals surface area contributed by atoms with Gasteiger partial charge in [-0.3, -0.25) is 0 Å². The van der Waals surface area contributed by atoms with Gasteiger partial charge >= 0.3 is 0 Å². The topological polar surface area (TPSA) is 30.1 Å². The SMILES string of the molecule is [C-]#[N+]c1ccc2c(c1)-c1c(-c3cccc(-c4cc(-c5ccccc5)nc(-c5ccccc5)n4)c3)cccc1C2(C)C. The van der Waals surface area contributed by atoms with E-state index >= 15 is 0 Å². The van der Waals surface area contributed by atoms with Crippen molar-refractivity contribution in [2.24, 2.45) is 0 Å². The summed E-state index contributed by atoms with van der Waals surface area (Å²) >= 11 is 0. The second-order valence-electron chi connectivity index (χ2n) is 11.0. The molecule has 0 fully saturated rings. The molecule has 3 nitrogen and oxygen atoms in total. The second kappa shape index (κ2) is 9.70. The van der Waals surface area contributed by atoms with Gasteiger partial charge in [-0.05, 0) is 51.6 Å². The Kier molecular flexibility index (Phi) is 5.84. The molecular weight excluding hydrogens is 498 g/mol. The molecule has 0 N–H and O–H groups in total. The number of fused-ring (bicyclic) bond motifs is 3. The Labute approximate surface area is 240 Å². The summed E-state index contributed by atoms with van der Waals surface area (Å²) in [5.74, 6) is 0.704. The molecule has 7 rings (SSSR count). The van der Waals surface area contributed by atoms with Crippen molar-refractivity contribution in [1.29, 1.82) is 0 Å². The molecule has 0 bridgehead atoms. The van der Waals surface area contributed by atoms with E-state index in [1.165, 1.54) is 22.3 Å². The maximum atomic E-state index is 7.60. The van der Waals surface area contributed by atoms with Crippen LogP contribution in [0, 0.1) is 6.57 Å². The summed E-state index contributed by atoms with van der Waals surface area (Å²) in [6.07, 6.45) is 0. The van der Waals surface area contributed by atoms with Gasteiger partial charge in [-0.25, -0.2) is 14.8 Å². The van der Waals surface area contributed by atoms with Gasteiger partial charge in [0.15, 0.2) is 11.5 Å². The Morgan fingerprint density at radius 1 is 0.537 bits per heavy atom. The molecular formula is C38H27N3. The molecule has 1 heterocycles. The second-order valence-corrected chi connectivity index (χ2v) is 11.0. The van der Waals surface area contributed by atoms with Crippen molar-refractivity contribution in [3.63, 3.8) is 0 Å². The summed E-state index contributed by atoms with van der Waals surface area (Å²) in [7, 11) is 0. The lowest BCUT2D eigenvalue weighted by Gasteiger charge is -2.21. The summed E-state index contributed by atoms with van der Waals surface area (Å²) in [5.41, 5.74) is 12.6. The standard InChI is InChI=1S/C38H27N3/c1-38(2)32-21-20-29(39-3)23-31(32)36-30(18-11-19-33(36)38)27-16-10-17-28(22-27)35-24-34(25-12-6-4-7-13-25)40-37(41-35)26-14-8-5-9-15-26/h4-24H,1-2H3. The summed E-state index contributed by atoms with van der Waals surface area (Å²) in [5, 5.41) is 0. The first-order valence-corrected chi connectivity index (χ1v) is 13.8. The molecule has 194 valence electrons. The fourth-order valence-electron chi connectivity index (χ4n) is 6.02. The Hall–Kier alpha value is -5.33.